The van der Waals surface area contributed by atoms with E-state index >= 15 is 0 Å². The summed E-state index contributed by atoms with van der Waals surface area (Å²) in [4.78, 5) is 24.3. The van der Waals surface area contributed by atoms with Crippen LogP contribution < -0.4 is 15.5 Å². The summed E-state index contributed by atoms with van der Waals surface area (Å²) in [5.74, 6) is 3.17. The van der Waals surface area contributed by atoms with E-state index < -0.39 is 0 Å². The first-order valence-electron chi connectivity index (χ1n) is 12.9. The van der Waals surface area contributed by atoms with Gasteiger partial charge in [0.2, 0.25) is 11.9 Å². The zero-order chi connectivity index (χ0) is 23.8. The molecular formula is C27H33N7O. The number of aromatic nitrogens is 4. The highest BCUT2D eigenvalue weighted by Crippen LogP contribution is 2.39. The Kier molecular flexibility index (Phi) is 5.88. The predicted molar refractivity (Wildman–Crippen MR) is 136 cm³/mol. The molecular weight excluding hydrogens is 438 g/mol. The molecule has 3 N–H and O–H groups in total. The average Bonchev–Trinajstić information content (AvgIpc) is 3.49. The molecule has 1 aromatic carbocycles. The van der Waals surface area contributed by atoms with Crippen molar-refractivity contribution in [2.75, 3.05) is 17.3 Å². The summed E-state index contributed by atoms with van der Waals surface area (Å²) in [7, 11) is 2.06. The van der Waals surface area contributed by atoms with Crippen LogP contribution in [-0.4, -0.2) is 45.2 Å². The molecule has 182 valence electrons. The molecule has 0 unspecified atom stereocenters. The van der Waals surface area contributed by atoms with E-state index in [1.165, 1.54) is 29.7 Å². The minimum Gasteiger partial charge on any atom is -0.352 e. The number of anilines is 3. The SMILES string of the molecule is CN(c1nccc(Nc2cc(C3CC3)[nH]n2)n1)C1CCC(C(=O)NC2Cc3ccccc3C2)CC1. The Bertz CT molecular complexity index is 1170. The zero-order valence-electron chi connectivity index (χ0n) is 20.2. The van der Waals surface area contributed by atoms with Crippen LogP contribution in [0.1, 0.15) is 61.3 Å². The van der Waals surface area contributed by atoms with E-state index in [2.05, 4.69) is 68.1 Å². The molecule has 2 saturated carbocycles. The Balaban J connectivity index is 1.01. The number of carbonyl (C=O) groups excluding carboxylic acids is 1. The van der Waals surface area contributed by atoms with Crippen molar-refractivity contribution in [2.24, 2.45) is 5.92 Å². The molecule has 0 radical (unpaired) electrons. The highest BCUT2D eigenvalue weighted by atomic mass is 16.1. The van der Waals surface area contributed by atoms with Crippen LogP contribution in [0.15, 0.2) is 42.6 Å². The maximum absolute atomic E-state index is 13.0. The fourth-order valence-electron chi connectivity index (χ4n) is 5.59. The van der Waals surface area contributed by atoms with Crippen molar-refractivity contribution in [2.45, 2.75) is 69.4 Å². The largest absolute Gasteiger partial charge is 0.352 e. The molecule has 0 spiro atoms. The van der Waals surface area contributed by atoms with E-state index in [4.69, 9.17) is 4.98 Å². The minimum atomic E-state index is 0.0950. The molecule has 3 aromatic rings. The van der Waals surface area contributed by atoms with E-state index in [0.717, 1.165) is 50.2 Å². The number of amides is 1. The molecule has 8 heteroatoms. The van der Waals surface area contributed by atoms with Crippen LogP contribution >= 0.6 is 0 Å². The lowest BCUT2D eigenvalue weighted by Gasteiger charge is -2.34. The standard InChI is InChI=1S/C27H33N7O/c1-34(27-28-13-12-24(31-27)30-25-16-23(32-33-25)17-6-7-17)22-10-8-18(9-11-22)26(35)29-21-14-19-4-2-3-5-20(19)15-21/h2-5,12-13,16-18,21-22H,6-11,14-15H2,1H3,(H,29,35)(H2,28,30,31,32,33). The van der Waals surface area contributed by atoms with Crippen LogP contribution in [-0.2, 0) is 17.6 Å². The molecule has 2 aromatic heterocycles. The number of nitrogens with zero attached hydrogens (tertiary/aromatic N) is 4. The van der Waals surface area contributed by atoms with E-state index in [0.29, 0.717) is 17.9 Å². The van der Waals surface area contributed by atoms with Gasteiger partial charge < -0.3 is 15.5 Å². The Hall–Kier alpha value is -3.42. The van der Waals surface area contributed by atoms with Crippen molar-refractivity contribution >= 4 is 23.5 Å². The van der Waals surface area contributed by atoms with Gasteiger partial charge in [0.1, 0.15) is 5.82 Å². The summed E-state index contributed by atoms with van der Waals surface area (Å²) in [6, 6.07) is 13.0. The number of benzene rings is 1. The van der Waals surface area contributed by atoms with Crippen molar-refractivity contribution < 1.29 is 4.79 Å². The molecule has 2 fully saturated rings. The Morgan fingerprint density at radius 3 is 2.46 bits per heavy atom. The topological polar surface area (TPSA) is 98.8 Å². The fraction of sp³-hybridized carbons (Fsp3) is 0.481. The number of hydrogen-bond acceptors (Lipinski definition) is 6. The third kappa shape index (κ3) is 4.88. The summed E-state index contributed by atoms with van der Waals surface area (Å²) in [5, 5.41) is 14.1. The summed E-state index contributed by atoms with van der Waals surface area (Å²) < 4.78 is 0. The van der Waals surface area contributed by atoms with Gasteiger partial charge in [-0.2, -0.15) is 10.1 Å². The smallest absolute Gasteiger partial charge is 0.227 e. The van der Waals surface area contributed by atoms with Gasteiger partial charge in [-0.15, -0.1) is 0 Å². The van der Waals surface area contributed by atoms with Crippen molar-refractivity contribution in [3.05, 3.63) is 59.4 Å². The number of nitrogens with one attached hydrogen (secondary N) is 3. The first-order chi connectivity index (χ1) is 17.1. The molecule has 3 aliphatic rings. The number of rotatable bonds is 7. The molecule has 2 heterocycles. The summed E-state index contributed by atoms with van der Waals surface area (Å²) in [6.45, 7) is 0. The summed E-state index contributed by atoms with van der Waals surface area (Å²) >= 11 is 0. The van der Waals surface area contributed by atoms with Gasteiger partial charge in [0.15, 0.2) is 5.82 Å². The maximum Gasteiger partial charge on any atom is 0.227 e. The average molecular weight is 472 g/mol. The van der Waals surface area contributed by atoms with Gasteiger partial charge in [-0.1, -0.05) is 24.3 Å². The quantitative estimate of drug-likeness (QED) is 0.480. The second kappa shape index (κ2) is 9.32. The van der Waals surface area contributed by atoms with Crippen LogP contribution in [0, 0.1) is 5.92 Å². The molecule has 6 rings (SSSR count). The Morgan fingerprint density at radius 1 is 1.00 bits per heavy atom. The van der Waals surface area contributed by atoms with Crippen molar-refractivity contribution in [1.82, 2.24) is 25.5 Å². The van der Waals surface area contributed by atoms with Gasteiger partial charge in [0, 0.05) is 48.9 Å². The zero-order valence-corrected chi connectivity index (χ0v) is 20.2. The second-order valence-electron chi connectivity index (χ2n) is 10.3. The predicted octanol–water partition coefficient (Wildman–Crippen LogP) is 4.10. The number of H-pyrrole nitrogens is 1. The number of aromatic amines is 1. The highest BCUT2D eigenvalue weighted by molar-refractivity contribution is 5.79. The van der Waals surface area contributed by atoms with E-state index in [1.807, 2.05) is 6.07 Å². The van der Waals surface area contributed by atoms with Crippen molar-refractivity contribution in [3.8, 4) is 0 Å². The van der Waals surface area contributed by atoms with Gasteiger partial charge in [-0.3, -0.25) is 9.89 Å². The first kappa shape index (κ1) is 22.1. The molecule has 0 atom stereocenters. The fourth-order valence-corrected chi connectivity index (χ4v) is 5.59. The molecule has 8 nitrogen and oxygen atoms in total. The summed E-state index contributed by atoms with van der Waals surface area (Å²) in [6.07, 6.45) is 9.88. The van der Waals surface area contributed by atoms with Gasteiger partial charge in [-0.05, 0) is 68.6 Å². The maximum atomic E-state index is 13.0. The molecule has 3 aliphatic carbocycles. The van der Waals surface area contributed by atoms with Crippen LogP contribution in [0.3, 0.4) is 0 Å². The molecule has 1 amide bonds. The number of carbonyl (C=O) groups is 1. The molecule has 35 heavy (non-hydrogen) atoms. The number of fused-ring (bicyclic) bond motifs is 1. The monoisotopic (exact) mass is 471 g/mol. The van der Waals surface area contributed by atoms with Crippen LogP contribution in [0.5, 0.6) is 0 Å². The van der Waals surface area contributed by atoms with Crippen LogP contribution in [0.25, 0.3) is 0 Å². The van der Waals surface area contributed by atoms with E-state index in [1.54, 1.807) is 6.20 Å². The van der Waals surface area contributed by atoms with Gasteiger partial charge in [-0.25, -0.2) is 4.98 Å². The lowest BCUT2D eigenvalue weighted by molar-refractivity contribution is -0.126. The van der Waals surface area contributed by atoms with E-state index in [-0.39, 0.29) is 17.9 Å². The van der Waals surface area contributed by atoms with Gasteiger partial charge >= 0.3 is 0 Å². The lowest BCUT2D eigenvalue weighted by Crippen LogP contribution is -2.43. The van der Waals surface area contributed by atoms with Crippen LogP contribution in [0.2, 0.25) is 0 Å². The normalized spacial score (nSPS) is 22.0. The molecule has 0 bridgehead atoms. The molecule has 0 aliphatic heterocycles. The third-order valence-electron chi connectivity index (χ3n) is 7.84. The lowest BCUT2D eigenvalue weighted by atomic mass is 9.84. The van der Waals surface area contributed by atoms with Gasteiger partial charge in [0.05, 0.1) is 0 Å². The second-order valence-corrected chi connectivity index (χ2v) is 10.3. The van der Waals surface area contributed by atoms with Crippen molar-refractivity contribution in [1.29, 1.82) is 0 Å². The number of hydrogen-bond donors (Lipinski definition) is 3. The van der Waals surface area contributed by atoms with Crippen LogP contribution in [0.4, 0.5) is 17.6 Å². The molecule has 0 saturated heterocycles. The van der Waals surface area contributed by atoms with Crippen molar-refractivity contribution in [3.63, 3.8) is 0 Å². The third-order valence-corrected chi connectivity index (χ3v) is 7.84. The van der Waals surface area contributed by atoms with E-state index in [9.17, 15) is 4.79 Å². The Labute approximate surface area is 205 Å². The summed E-state index contributed by atoms with van der Waals surface area (Å²) in [5.41, 5.74) is 3.93. The highest BCUT2D eigenvalue weighted by Gasteiger charge is 2.31. The Morgan fingerprint density at radius 2 is 1.74 bits per heavy atom. The first-order valence-corrected chi connectivity index (χ1v) is 12.9. The minimum absolute atomic E-state index is 0.0950. The van der Waals surface area contributed by atoms with Gasteiger partial charge in [0.25, 0.3) is 0 Å².